The van der Waals surface area contributed by atoms with Crippen molar-refractivity contribution in [2.75, 3.05) is 13.1 Å². The fourth-order valence-electron chi connectivity index (χ4n) is 2.10. The number of piperidine rings is 1. The predicted molar refractivity (Wildman–Crippen MR) is 66.1 cm³/mol. The number of hydrogen-bond donors (Lipinski definition) is 3. The van der Waals surface area contributed by atoms with Crippen molar-refractivity contribution in [3.63, 3.8) is 0 Å². The van der Waals surface area contributed by atoms with E-state index in [9.17, 15) is 9.90 Å². The van der Waals surface area contributed by atoms with E-state index in [0.29, 0.717) is 5.56 Å². The van der Waals surface area contributed by atoms with Gasteiger partial charge in [-0.15, -0.1) is 0 Å². The lowest BCUT2D eigenvalue weighted by Gasteiger charge is -2.35. The third kappa shape index (κ3) is 2.97. The first-order valence-electron chi connectivity index (χ1n) is 5.91. The van der Waals surface area contributed by atoms with E-state index >= 15 is 0 Å². The van der Waals surface area contributed by atoms with Crippen molar-refractivity contribution in [2.45, 2.75) is 25.3 Å². The molecule has 1 heterocycles. The van der Waals surface area contributed by atoms with E-state index < -0.39 is 0 Å². The van der Waals surface area contributed by atoms with Gasteiger partial charge in [-0.2, -0.15) is 0 Å². The maximum atomic E-state index is 12.0. The summed E-state index contributed by atoms with van der Waals surface area (Å²) in [5, 5.41) is 15.7. The Kier molecular flexibility index (Phi) is 3.33. The van der Waals surface area contributed by atoms with E-state index in [1.165, 1.54) is 6.07 Å². The summed E-state index contributed by atoms with van der Waals surface area (Å²) in [6, 6.07) is 6.43. The van der Waals surface area contributed by atoms with Crippen LogP contribution >= 0.6 is 0 Å². The number of amides is 1. The van der Waals surface area contributed by atoms with Crippen LogP contribution in [0.15, 0.2) is 24.3 Å². The van der Waals surface area contributed by atoms with Crippen molar-refractivity contribution in [1.82, 2.24) is 10.6 Å². The summed E-state index contributed by atoms with van der Waals surface area (Å²) < 4.78 is 0. The number of rotatable bonds is 2. The highest BCUT2D eigenvalue weighted by Gasteiger charge is 2.28. The zero-order valence-electron chi connectivity index (χ0n) is 9.99. The van der Waals surface area contributed by atoms with Gasteiger partial charge >= 0.3 is 0 Å². The lowest BCUT2D eigenvalue weighted by molar-refractivity contribution is 0.0887. The first-order valence-corrected chi connectivity index (χ1v) is 5.91. The van der Waals surface area contributed by atoms with Crippen LogP contribution in [0.5, 0.6) is 5.75 Å². The summed E-state index contributed by atoms with van der Waals surface area (Å²) in [4.78, 5) is 12.0. The largest absolute Gasteiger partial charge is 0.508 e. The highest BCUT2D eigenvalue weighted by molar-refractivity contribution is 5.95. The number of nitrogens with one attached hydrogen (secondary N) is 2. The van der Waals surface area contributed by atoms with Gasteiger partial charge in [-0.3, -0.25) is 4.79 Å². The molecule has 0 unspecified atom stereocenters. The van der Waals surface area contributed by atoms with Crippen LogP contribution in [0.1, 0.15) is 30.1 Å². The van der Waals surface area contributed by atoms with Crippen molar-refractivity contribution in [2.24, 2.45) is 0 Å². The minimum absolute atomic E-state index is 0.119. The summed E-state index contributed by atoms with van der Waals surface area (Å²) in [7, 11) is 0. The van der Waals surface area contributed by atoms with E-state index in [-0.39, 0.29) is 17.2 Å². The molecule has 0 aliphatic carbocycles. The second-order valence-electron chi connectivity index (χ2n) is 4.82. The molecule has 17 heavy (non-hydrogen) atoms. The number of carbonyl (C=O) groups is 1. The third-order valence-corrected chi connectivity index (χ3v) is 3.23. The van der Waals surface area contributed by atoms with Gasteiger partial charge in [-0.25, -0.2) is 0 Å². The van der Waals surface area contributed by atoms with Gasteiger partial charge in [0, 0.05) is 11.1 Å². The highest BCUT2D eigenvalue weighted by atomic mass is 16.3. The van der Waals surface area contributed by atoms with E-state index in [1.54, 1.807) is 18.2 Å². The van der Waals surface area contributed by atoms with E-state index in [0.717, 1.165) is 25.9 Å². The van der Waals surface area contributed by atoms with Crippen molar-refractivity contribution < 1.29 is 9.90 Å². The molecule has 0 aromatic heterocycles. The molecule has 0 saturated carbocycles. The molecule has 1 saturated heterocycles. The van der Waals surface area contributed by atoms with Crippen LogP contribution in [-0.4, -0.2) is 29.6 Å². The van der Waals surface area contributed by atoms with Crippen LogP contribution in [-0.2, 0) is 0 Å². The van der Waals surface area contributed by atoms with Gasteiger partial charge in [0.15, 0.2) is 0 Å². The summed E-state index contributed by atoms with van der Waals surface area (Å²) in [5.41, 5.74) is 0.359. The topological polar surface area (TPSA) is 61.4 Å². The smallest absolute Gasteiger partial charge is 0.251 e. The fraction of sp³-hybridized carbons (Fsp3) is 0.462. The zero-order chi connectivity index (χ0) is 12.3. The van der Waals surface area contributed by atoms with Crippen molar-refractivity contribution in [3.8, 4) is 5.75 Å². The van der Waals surface area contributed by atoms with Gasteiger partial charge in [0.1, 0.15) is 5.75 Å². The van der Waals surface area contributed by atoms with Gasteiger partial charge < -0.3 is 15.7 Å². The van der Waals surface area contributed by atoms with E-state index in [1.807, 2.05) is 0 Å². The SMILES string of the molecule is CC1(NC(=O)c2cccc(O)c2)CCNCC1. The number of phenolic OH excluding ortho intramolecular Hbond substituents is 1. The molecule has 1 aromatic carbocycles. The van der Waals surface area contributed by atoms with Crippen molar-refractivity contribution >= 4 is 5.91 Å². The summed E-state index contributed by atoms with van der Waals surface area (Å²) >= 11 is 0. The first-order chi connectivity index (χ1) is 8.09. The highest BCUT2D eigenvalue weighted by Crippen LogP contribution is 2.19. The summed E-state index contributed by atoms with van der Waals surface area (Å²) in [6.07, 6.45) is 1.86. The van der Waals surface area contributed by atoms with Crippen molar-refractivity contribution in [1.29, 1.82) is 0 Å². The van der Waals surface area contributed by atoms with Crippen LogP contribution in [0.2, 0.25) is 0 Å². The Labute approximate surface area is 101 Å². The molecule has 1 aliphatic heterocycles. The van der Waals surface area contributed by atoms with Crippen molar-refractivity contribution in [3.05, 3.63) is 29.8 Å². The van der Waals surface area contributed by atoms with Crippen LogP contribution in [0.25, 0.3) is 0 Å². The first kappa shape index (κ1) is 11.9. The molecule has 1 aliphatic rings. The average Bonchev–Trinajstić information content (AvgIpc) is 2.29. The Balaban J connectivity index is 2.06. The molecule has 4 heteroatoms. The normalized spacial score (nSPS) is 18.6. The molecular formula is C13H18N2O2. The number of benzene rings is 1. The molecule has 4 nitrogen and oxygen atoms in total. The molecule has 0 atom stereocenters. The van der Waals surface area contributed by atoms with E-state index in [2.05, 4.69) is 17.6 Å². The van der Waals surface area contributed by atoms with Gasteiger partial charge in [-0.1, -0.05) is 6.07 Å². The quantitative estimate of drug-likeness (QED) is 0.722. The molecule has 1 fully saturated rings. The maximum Gasteiger partial charge on any atom is 0.251 e. The monoisotopic (exact) mass is 234 g/mol. The molecule has 3 N–H and O–H groups in total. The molecule has 1 amide bonds. The molecule has 0 spiro atoms. The predicted octanol–water partition coefficient (Wildman–Crippen LogP) is 1.26. The fourth-order valence-corrected chi connectivity index (χ4v) is 2.10. The molecular weight excluding hydrogens is 216 g/mol. The number of hydrogen-bond acceptors (Lipinski definition) is 3. The van der Waals surface area contributed by atoms with Gasteiger partial charge in [0.25, 0.3) is 5.91 Å². The third-order valence-electron chi connectivity index (χ3n) is 3.23. The standard InChI is InChI=1S/C13H18N2O2/c1-13(5-7-14-8-6-13)15-12(17)10-3-2-4-11(16)9-10/h2-4,9,14,16H,5-8H2,1H3,(H,15,17). The molecule has 0 bridgehead atoms. The van der Waals surface area contributed by atoms with Crippen LogP contribution in [0.3, 0.4) is 0 Å². The van der Waals surface area contributed by atoms with Gasteiger partial charge in [0.05, 0.1) is 0 Å². The number of carbonyl (C=O) groups excluding carboxylic acids is 1. The van der Waals surface area contributed by atoms with Crippen LogP contribution < -0.4 is 10.6 Å². The number of phenols is 1. The Morgan fingerprint density at radius 1 is 1.41 bits per heavy atom. The van der Waals surface area contributed by atoms with Crippen LogP contribution in [0.4, 0.5) is 0 Å². The average molecular weight is 234 g/mol. The minimum atomic E-state index is -0.145. The lowest BCUT2D eigenvalue weighted by atomic mass is 9.90. The second kappa shape index (κ2) is 4.75. The molecule has 1 aromatic rings. The van der Waals surface area contributed by atoms with Crippen LogP contribution in [0, 0.1) is 0 Å². The Morgan fingerprint density at radius 3 is 2.76 bits per heavy atom. The maximum absolute atomic E-state index is 12.0. The Hall–Kier alpha value is -1.55. The number of aromatic hydroxyl groups is 1. The summed E-state index contributed by atoms with van der Waals surface area (Å²) in [6.45, 7) is 3.92. The van der Waals surface area contributed by atoms with Gasteiger partial charge in [0.2, 0.25) is 0 Å². The minimum Gasteiger partial charge on any atom is -0.508 e. The Bertz CT molecular complexity index is 412. The molecule has 2 rings (SSSR count). The van der Waals surface area contributed by atoms with Gasteiger partial charge in [-0.05, 0) is 51.1 Å². The molecule has 0 radical (unpaired) electrons. The zero-order valence-corrected chi connectivity index (χ0v) is 9.99. The van der Waals surface area contributed by atoms with E-state index in [4.69, 9.17) is 0 Å². The molecule has 92 valence electrons. The second-order valence-corrected chi connectivity index (χ2v) is 4.82. The summed E-state index contributed by atoms with van der Waals surface area (Å²) in [5.74, 6) is -0.00147. The lowest BCUT2D eigenvalue weighted by Crippen LogP contribution is -2.52. The Morgan fingerprint density at radius 2 is 2.12 bits per heavy atom.